The van der Waals surface area contributed by atoms with E-state index in [2.05, 4.69) is 15.9 Å². The third kappa shape index (κ3) is 4.11. The van der Waals surface area contributed by atoms with Gasteiger partial charge in [-0.1, -0.05) is 23.3 Å². The number of aldehydes is 1. The van der Waals surface area contributed by atoms with Crippen LogP contribution in [0.15, 0.2) is 22.2 Å². The van der Waals surface area contributed by atoms with E-state index in [0.29, 0.717) is 16.3 Å². The van der Waals surface area contributed by atoms with Gasteiger partial charge in [-0.3, -0.25) is 9.59 Å². The van der Waals surface area contributed by atoms with Crippen LogP contribution in [-0.2, 0) is 6.42 Å². The lowest BCUT2D eigenvalue weighted by Gasteiger charge is -2.18. The molecule has 0 radical (unpaired) electrons. The summed E-state index contributed by atoms with van der Waals surface area (Å²) in [4.78, 5) is 25.2. The Balaban J connectivity index is 2.93. The Morgan fingerprint density at radius 3 is 2.34 bits per heavy atom. The fraction of sp³-hybridized carbons (Fsp3) is 0.238. The lowest BCUT2D eigenvalue weighted by Crippen LogP contribution is -2.12. The number of hydrogen-bond acceptors (Lipinski definition) is 6. The predicted molar refractivity (Wildman–Crippen MR) is 114 cm³/mol. The first-order chi connectivity index (χ1) is 13.6. The minimum absolute atomic E-state index is 0.0160. The number of aromatic hydroxyl groups is 3. The van der Waals surface area contributed by atoms with Crippen LogP contribution in [0.5, 0.6) is 23.0 Å². The van der Waals surface area contributed by atoms with Gasteiger partial charge in [0.1, 0.15) is 28.6 Å². The third-order valence-corrected chi connectivity index (χ3v) is 5.87. The third-order valence-electron chi connectivity index (χ3n) is 4.45. The van der Waals surface area contributed by atoms with E-state index in [4.69, 9.17) is 16.3 Å². The molecule has 2 aromatic carbocycles. The summed E-state index contributed by atoms with van der Waals surface area (Å²) in [5.74, 6) is -2.25. The first kappa shape index (κ1) is 22.8. The Hall–Kier alpha value is -2.51. The zero-order valence-electron chi connectivity index (χ0n) is 16.3. The number of hydrogen-bond donors (Lipinski definition) is 3. The highest BCUT2D eigenvalue weighted by molar-refractivity contribution is 9.10. The molecule has 3 N–H and O–H groups in total. The van der Waals surface area contributed by atoms with Crippen LogP contribution in [0.1, 0.15) is 51.3 Å². The summed E-state index contributed by atoms with van der Waals surface area (Å²) in [5, 5.41) is 31.0. The van der Waals surface area contributed by atoms with Gasteiger partial charge in [-0.05, 0) is 48.7 Å². The highest BCUT2D eigenvalue weighted by atomic mass is 79.9. The molecule has 0 aliphatic carbocycles. The van der Waals surface area contributed by atoms with Gasteiger partial charge >= 0.3 is 0 Å². The van der Waals surface area contributed by atoms with Gasteiger partial charge in [-0.25, -0.2) is 0 Å². The van der Waals surface area contributed by atoms with Crippen molar-refractivity contribution in [3.8, 4) is 23.0 Å². The Bertz CT molecular complexity index is 1040. The van der Waals surface area contributed by atoms with Crippen molar-refractivity contribution in [1.29, 1.82) is 0 Å². The van der Waals surface area contributed by atoms with E-state index >= 15 is 0 Å². The van der Waals surface area contributed by atoms with Gasteiger partial charge in [0.25, 0.3) is 0 Å². The minimum Gasteiger partial charge on any atom is -0.507 e. The summed E-state index contributed by atoms with van der Waals surface area (Å²) < 4.78 is 5.65. The molecule has 8 heteroatoms. The van der Waals surface area contributed by atoms with Crippen molar-refractivity contribution in [3.05, 3.63) is 55.0 Å². The predicted octanol–water partition coefficient (Wildman–Crippen LogP) is 5.09. The zero-order chi connectivity index (χ0) is 22.0. The van der Waals surface area contributed by atoms with Gasteiger partial charge in [0.15, 0.2) is 6.29 Å². The molecule has 0 unspecified atom stereocenters. The Labute approximate surface area is 181 Å². The fourth-order valence-corrected chi connectivity index (χ4v) is 3.76. The van der Waals surface area contributed by atoms with E-state index in [1.807, 2.05) is 13.8 Å². The molecule has 154 valence electrons. The number of phenolic OH excluding ortho intramolecular Hbond substituents is 3. The molecule has 0 atom stereocenters. The first-order valence-electron chi connectivity index (χ1n) is 8.52. The Morgan fingerprint density at radius 2 is 1.83 bits per heavy atom. The van der Waals surface area contributed by atoms with Crippen molar-refractivity contribution in [2.75, 3.05) is 7.11 Å². The van der Waals surface area contributed by atoms with Gasteiger partial charge in [-0.2, -0.15) is 0 Å². The summed E-state index contributed by atoms with van der Waals surface area (Å²) in [7, 11) is 1.31. The summed E-state index contributed by atoms with van der Waals surface area (Å²) in [6, 6.07) is 1.00. The highest BCUT2D eigenvalue weighted by Crippen LogP contribution is 2.46. The Kier molecular flexibility index (Phi) is 6.97. The number of carbonyl (C=O) groups is 2. The molecular weight excluding hydrogens is 464 g/mol. The molecule has 0 spiro atoms. The number of halogens is 2. The average Bonchev–Trinajstić information content (AvgIpc) is 2.66. The highest BCUT2D eigenvalue weighted by Gasteiger charge is 2.31. The molecule has 0 aliphatic rings. The maximum absolute atomic E-state index is 13.5. The molecule has 0 saturated heterocycles. The van der Waals surface area contributed by atoms with E-state index in [-0.39, 0.29) is 45.2 Å². The maximum atomic E-state index is 13.5. The second-order valence-electron chi connectivity index (χ2n) is 6.62. The monoisotopic (exact) mass is 482 g/mol. The summed E-state index contributed by atoms with van der Waals surface area (Å²) in [5.41, 5.74) is 0.670. The van der Waals surface area contributed by atoms with Crippen LogP contribution in [0.3, 0.4) is 0 Å². The van der Waals surface area contributed by atoms with Crippen LogP contribution in [0.25, 0.3) is 0 Å². The molecule has 0 saturated carbocycles. The molecule has 2 rings (SSSR count). The second-order valence-corrected chi connectivity index (χ2v) is 7.80. The normalized spacial score (nSPS) is 10.6. The summed E-state index contributed by atoms with van der Waals surface area (Å²) in [6.45, 7) is 5.30. The average molecular weight is 484 g/mol. The van der Waals surface area contributed by atoms with Gasteiger partial charge in [0.2, 0.25) is 5.78 Å². The van der Waals surface area contributed by atoms with Crippen molar-refractivity contribution < 1.29 is 29.6 Å². The zero-order valence-corrected chi connectivity index (χ0v) is 18.6. The number of allylic oxidation sites excluding steroid dienone is 2. The quantitative estimate of drug-likeness (QED) is 0.300. The maximum Gasteiger partial charge on any atom is 0.201 e. The number of ketones is 1. The lowest BCUT2D eigenvalue weighted by molar-refractivity contribution is 0.102. The van der Waals surface area contributed by atoms with Crippen LogP contribution < -0.4 is 4.74 Å². The van der Waals surface area contributed by atoms with Gasteiger partial charge in [-0.15, -0.1) is 0 Å². The number of methoxy groups -OCH3 is 1. The smallest absolute Gasteiger partial charge is 0.201 e. The molecule has 0 heterocycles. The van der Waals surface area contributed by atoms with E-state index in [0.717, 1.165) is 11.6 Å². The SMILES string of the molecule is COc1c(Br)c(C)c(Cl)c(O)c1C(=O)c1c(C=O)c(O)cc(O)c1CC=C(C)C. The van der Waals surface area contributed by atoms with E-state index in [1.54, 1.807) is 13.0 Å². The Morgan fingerprint density at radius 1 is 1.21 bits per heavy atom. The van der Waals surface area contributed by atoms with Crippen LogP contribution >= 0.6 is 27.5 Å². The number of phenols is 3. The van der Waals surface area contributed by atoms with Crippen molar-refractivity contribution in [2.45, 2.75) is 27.2 Å². The van der Waals surface area contributed by atoms with E-state index < -0.39 is 17.3 Å². The van der Waals surface area contributed by atoms with Crippen LogP contribution in [0.4, 0.5) is 0 Å². The fourth-order valence-electron chi connectivity index (χ4n) is 2.90. The van der Waals surface area contributed by atoms with Crippen LogP contribution in [0.2, 0.25) is 5.02 Å². The number of rotatable bonds is 6. The molecule has 29 heavy (non-hydrogen) atoms. The molecule has 2 aromatic rings. The lowest BCUT2D eigenvalue weighted by atomic mass is 9.89. The molecule has 6 nitrogen and oxygen atoms in total. The van der Waals surface area contributed by atoms with Gasteiger partial charge in [0, 0.05) is 17.2 Å². The number of benzene rings is 2. The van der Waals surface area contributed by atoms with Crippen molar-refractivity contribution in [3.63, 3.8) is 0 Å². The minimum atomic E-state index is -0.826. The van der Waals surface area contributed by atoms with Gasteiger partial charge < -0.3 is 20.1 Å². The molecule has 0 bridgehead atoms. The van der Waals surface area contributed by atoms with E-state index in [1.165, 1.54) is 7.11 Å². The molecule has 0 aliphatic heterocycles. The standard InChI is InChI=1S/C21H20BrClO6/c1-9(2)5-6-11-13(25)7-14(26)12(8-24)15(11)19(27)16-20(28)18(23)10(3)17(22)21(16)29-4/h5,7-8,25-26,28H,6H2,1-4H3. The molecular formula is C21H20BrClO6. The van der Waals surface area contributed by atoms with Crippen molar-refractivity contribution in [1.82, 2.24) is 0 Å². The van der Waals surface area contributed by atoms with Gasteiger partial charge in [0.05, 0.1) is 22.2 Å². The topological polar surface area (TPSA) is 104 Å². The first-order valence-corrected chi connectivity index (χ1v) is 9.69. The molecule has 0 fully saturated rings. The largest absolute Gasteiger partial charge is 0.507 e. The van der Waals surface area contributed by atoms with Crippen molar-refractivity contribution >= 4 is 39.6 Å². The number of carbonyl (C=O) groups excluding carboxylic acids is 2. The van der Waals surface area contributed by atoms with Crippen LogP contribution in [-0.4, -0.2) is 34.5 Å². The summed E-state index contributed by atoms with van der Waals surface area (Å²) in [6.07, 6.45) is 2.20. The van der Waals surface area contributed by atoms with Crippen molar-refractivity contribution in [2.24, 2.45) is 0 Å². The van der Waals surface area contributed by atoms with E-state index in [9.17, 15) is 24.9 Å². The molecule has 0 aromatic heterocycles. The second kappa shape index (κ2) is 8.88. The number of ether oxygens (including phenoxy) is 1. The summed E-state index contributed by atoms with van der Waals surface area (Å²) >= 11 is 9.46. The van der Waals surface area contributed by atoms with Crippen LogP contribution in [0, 0.1) is 6.92 Å². The molecule has 0 amide bonds.